The minimum atomic E-state index is -0.494. The van der Waals surface area contributed by atoms with Crippen molar-refractivity contribution in [2.45, 2.75) is 11.7 Å². The molecule has 10 heteroatoms. The second-order valence-electron chi connectivity index (χ2n) is 5.84. The van der Waals surface area contributed by atoms with Gasteiger partial charge >= 0.3 is 0 Å². The quantitative estimate of drug-likeness (QED) is 0.417. The van der Waals surface area contributed by atoms with Crippen LogP contribution in [0.25, 0.3) is 28.2 Å². The summed E-state index contributed by atoms with van der Waals surface area (Å²) in [5.41, 5.74) is 7.07. The smallest absolute Gasteiger partial charge is 0.287 e. The molecule has 0 saturated carbocycles. The van der Waals surface area contributed by atoms with E-state index in [9.17, 15) is 14.7 Å². The molecule has 0 aliphatic carbocycles. The molecule has 0 atom stereocenters. The van der Waals surface area contributed by atoms with Gasteiger partial charge in [0.2, 0.25) is 11.7 Å². The number of aliphatic hydroxyl groups excluding tert-OH is 1. The maximum absolute atomic E-state index is 12.9. The van der Waals surface area contributed by atoms with Crippen molar-refractivity contribution in [2.24, 2.45) is 5.73 Å². The van der Waals surface area contributed by atoms with Gasteiger partial charge in [0.05, 0.1) is 18.1 Å². The minimum absolute atomic E-state index is 0.0199. The number of nitrogens with two attached hydrogens (primary N) is 1. The monoisotopic (exact) mass is 384 g/mol. The highest BCUT2D eigenvalue weighted by molar-refractivity contribution is 7.99. The SMILES string of the molecule is NC(=O)CSc1nc2c(=O)n3cc(-c4ccccc4)[nH]c3nc2n1CCO. The summed E-state index contributed by atoms with van der Waals surface area (Å²) < 4.78 is 3.02. The number of nitrogens with one attached hydrogen (secondary N) is 1. The van der Waals surface area contributed by atoms with Crippen LogP contribution >= 0.6 is 11.8 Å². The van der Waals surface area contributed by atoms with Crippen LogP contribution < -0.4 is 11.3 Å². The number of aromatic nitrogens is 5. The fraction of sp³-hybridized carbons (Fsp3) is 0.176. The number of thioether (sulfide) groups is 1. The van der Waals surface area contributed by atoms with Gasteiger partial charge in [-0.05, 0) is 5.56 Å². The lowest BCUT2D eigenvalue weighted by atomic mass is 10.2. The van der Waals surface area contributed by atoms with Gasteiger partial charge < -0.3 is 20.4 Å². The molecule has 4 rings (SSSR count). The Morgan fingerprint density at radius 1 is 1.26 bits per heavy atom. The van der Waals surface area contributed by atoms with Crippen molar-refractivity contribution in [3.05, 3.63) is 46.9 Å². The van der Waals surface area contributed by atoms with Crippen molar-refractivity contribution in [3.8, 4) is 11.3 Å². The second kappa shape index (κ2) is 6.89. The molecular formula is C17H16N6O3S. The number of fused-ring (bicyclic) bond motifs is 2. The molecule has 3 heterocycles. The predicted octanol–water partition coefficient (Wildman–Crippen LogP) is 0.609. The molecule has 0 unspecified atom stereocenters. The third-order valence-corrected chi connectivity index (χ3v) is 5.02. The lowest BCUT2D eigenvalue weighted by Gasteiger charge is -2.05. The van der Waals surface area contributed by atoms with Crippen LogP contribution in [0.1, 0.15) is 0 Å². The first-order valence-corrected chi connectivity index (χ1v) is 9.16. The first-order chi connectivity index (χ1) is 13.1. The fourth-order valence-electron chi connectivity index (χ4n) is 2.85. The number of carbonyl (C=O) groups excluding carboxylic acids is 1. The number of hydrogen-bond donors (Lipinski definition) is 3. The molecule has 0 aliphatic heterocycles. The number of aliphatic hydroxyl groups is 1. The molecule has 1 amide bonds. The maximum Gasteiger partial charge on any atom is 0.287 e. The summed E-state index contributed by atoms with van der Waals surface area (Å²) in [6.45, 7) is 0.0447. The van der Waals surface area contributed by atoms with E-state index in [1.807, 2.05) is 30.3 Å². The number of carbonyl (C=O) groups is 1. The highest BCUT2D eigenvalue weighted by Gasteiger charge is 2.19. The van der Waals surface area contributed by atoms with Gasteiger partial charge in [0.25, 0.3) is 5.56 Å². The summed E-state index contributed by atoms with van der Waals surface area (Å²) in [4.78, 5) is 36.0. The molecule has 4 aromatic rings. The highest BCUT2D eigenvalue weighted by Crippen LogP contribution is 2.23. The van der Waals surface area contributed by atoms with Crippen molar-refractivity contribution < 1.29 is 9.90 Å². The molecule has 9 nitrogen and oxygen atoms in total. The van der Waals surface area contributed by atoms with E-state index in [2.05, 4.69) is 15.0 Å². The highest BCUT2D eigenvalue weighted by atomic mass is 32.2. The zero-order valence-electron chi connectivity index (χ0n) is 14.1. The van der Waals surface area contributed by atoms with Crippen LogP contribution in [0, 0.1) is 0 Å². The second-order valence-corrected chi connectivity index (χ2v) is 6.78. The van der Waals surface area contributed by atoms with E-state index >= 15 is 0 Å². The Labute approximate surface area is 156 Å². The summed E-state index contributed by atoms with van der Waals surface area (Å²) in [6.07, 6.45) is 1.68. The minimum Gasteiger partial charge on any atom is -0.395 e. The number of imidazole rings is 2. The van der Waals surface area contributed by atoms with Crippen LogP contribution in [-0.2, 0) is 11.3 Å². The van der Waals surface area contributed by atoms with Crippen molar-refractivity contribution in [1.82, 2.24) is 23.9 Å². The number of primary amides is 1. The number of nitrogens with zero attached hydrogens (tertiary/aromatic N) is 4. The summed E-state index contributed by atoms with van der Waals surface area (Å²) in [7, 11) is 0. The lowest BCUT2D eigenvalue weighted by Crippen LogP contribution is -2.15. The van der Waals surface area contributed by atoms with E-state index in [1.54, 1.807) is 10.8 Å². The molecule has 1 aromatic carbocycles. The Kier molecular flexibility index (Phi) is 4.42. The molecule has 27 heavy (non-hydrogen) atoms. The molecule has 0 fully saturated rings. The van der Waals surface area contributed by atoms with E-state index in [0.29, 0.717) is 16.6 Å². The Bertz CT molecular complexity index is 1190. The van der Waals surface area contributed by atoms with E-state index < -0.39 is 5.91 Å². The van der Waals surface area contributed by atoms with Crippen molar-refractivity contribution >= 4 is 34.6 Å². The molecule has 0 saturated heterocycles. The molecule has 4 N–H and O–H groups in total. The number of hydrogen-bond acceptors (Lipinski definition) is 6. The molecule has 0 aliphatic rings. The number of amides is 1. The first-order valence-electron chi connectivity index (χ1n) is 8.17. The third kappa shape index (κ3) is 3.09. The largest absolute Gasteiger partial charge is 0.395 e. The van der Waals surface area contributed by atoms with E-state index in [0.717, 1.165) is 23.0 Å². The van der Waals surface area contributed by atoms with Gasteiger partial charge in [-0.15, -0.1) is 0 Å². The lowest BCUT2D eigenvalue weighted by molar-refractivity contribution is -0.115. The van der Waals surface area contributed by atoms with Crippen LogP contribution in [0.15, 0.2) is 46.5 Å². The van der Waals surface area contributed by atoms with Gasteiger partial charge in [0.15, 0.2) is 16.3 Å². The maximum atomic E-state index is 12.9. The van der Waals surface area contributed by atoms with E-state index in [1.165, 1.54) is 4.40 Å². The molecule has 3 aromatic heterocycles. The van der Waals surface area contributed by atoms with Gasteiger partial charge in [0, 0.05) is 12.7 Å². The van der Waals surface area contributed by atoms with Crippen molar-refractivity contribution in [3.63, 3.8) is 0 Å². The van der Waals surface area contributed by atoms with Gasteiger partial charge in [-0.2, -0.15) is 4.98 Å². The van der Waals surface area contributed by atoms with Crippen LogP contribution in [0.4, 0.5) is 0 Å². The molecule has 0 radical (unpaired) electrons. The zero-order chi connectivity index (χ0) is 19.0. The van der Waals surface area contributed by atoms with Gasteiger partial charge in [-0.3, -0.25) is 9.59 Å². The molecule has 0 bridgehead atoms. The average molecular weight is 384 g/mol. The summed E-state index contributed by atoms with van der Waals surface area (Å²) in [6, 6.07) is 9.59. The third-order valence-electron chi connectivity index (χ3n) is 4.02. The number of aromatic amines is 1. The molecule has 0 spiro atoms. The molecular weight excluding hydrogens is 368 g/mol. The summed E-state index contributed by atoms with van der Waals surface area (Å²) in [5.74, 6) is -0.102. The Balaban J connectivity index is 1.90. The van der Waals surface area contributed by atoms with Crippen LogP contribution in [-0.4, -0.2) is 47.3 Å². The fourth-order valence-corrected chi connectivity index (χ4v) is 3.61. The van der Waals surface area contributed by atoms with Gasteiger partial charge in [0.1, 0.15) is 0 Å². The first kappa shape index (κ1) is 17.3. The normalized spacial score (nSPS) is 11.4. The van der Waals surface area contributed by atoms with Gasteiger partial charge in [-0.1, -0.05) is 42.1 Å². The van der Waals surface area contributed by atoms with Crippen LogP contribution in [0.2, 0.25) is 0 Å². The predicted molar refractivity (Wildman–Crippen MR) is 102 cm³/mol. The Hall–Kier alpha value is -3.11. The van der Waals surface area contributed by atoms with E-state index in [4.69, 9.17) is 5.73 Å². The van der Waals surface area contributed by atoms with Crippen molar-refractivity contribution in [2.75, 3.05) is 12.4 Å². The van der Waals surface area contributed by atoms with E-state index in [-0.39, 0.29) is 30.0 Å². The topological polar surface area (TPSA) is 131 Å². The summed E-state index contributed by atoms with van der Waals surface area (Å²) >= 11 is 1.11. The number of benzene rings is 1. The Morgan fingerprint density at radius 3 is 2.74 bits per heavy atom. The zero-order valence-corrected chi connectivity index (χ0v) is 14.9. The standard InChI is InChI=1S/C17H16N6O3S/c18-12(25)9-27-17-20-13-14(22(17)6-7-24)21-16-19-11(8-23(16)15(13)26)10-4-2-1-3-5-10/h1-5,8,24H,6-7,9H2,(H2,18,25)(H,19,21). The Morgan fingerprint density at radius 2 is 2.04 bits per heavy atom. The average Bonchev–Trinajstić information content (AvgIpc) is 3.24. The van der Waals surface area contributed by atoms with Crippen LogP contribution in [0.5, 0.6) is 0 Å². The van der Waals surface area contributed by atoms with Crippen molar-refractivity contribution in [1.29, 1.82) is 0 Å². The summed E-state index contributed by atoms with van der Waals surface area (Å²) in [5, 5.41) is 9.78. The van der Waals surface area contributed by atoms with Gasteiger partial charge in [-0.25, -0.2) is 9.38 Å². The molecule has 138 valence electrons. The number of rotatable bonds is 6. The number of H-pyrrole nitrogens is 1. The van der Waals surface area contributed by atoms with Crippen LogP contribution in [0.3, 0.4) is 0 Å².